The van der Waals surface area contributed by atoms with E-state index >= 15 is 0 Å². The second kappa shape index (κ2) is 10.4. The van der Waals surface area contributed by atoms with E-state index in [1.807, 2.05) is 54.6 Å². The van der Waals surface area contributed by atoms with Crippen LogP contribution in [-0.4, -0.2) is 74.0 Å². The minimum absolute atomic E-state index is 0.00846. The van der Waals surface area contributed by atoms with Crippen molar-refractivity contribution in [2.24, 2.45) is 0 Å². The number of carbonyl (C=O) groups excluding carboxylic acids is 2. The summed E-state index contributed by atoms with van der Waals surface area (Å²) in [5.41, 5.74) is 1.66. The molecule has 2 saturated heterocycles. The van der Waals surface area contributed by atoms with Gasteiger partial charge in [0.1, 0.15) is 12.4 Å². The van der Waals surface area contributed by atoms with Gasteiger partial charge in [-0.15, -0.1) is 0 Å². The summed E-state index contributed by atoms with van der Waals surface area (Å²) in [5, 5.41) is 2.96. The van der Waals surface area contributed by atoms with Crippen LogP contribution in [0.15, 0.2) is 54.6 Å². The van der Waals surface area contributed by atoms with Crippen LogP contribution < -0.4 is 15.0 Å². The van der Waals surface area contributed by atoms with E-state index in [-0.39, 0.29) is 11.8 Å². The highest BCUT2D eigenvalue weighted by molar-refractivity contribution is 5.96. The predicted octanol–water partition coefficient (Wildman–Crippen LogP) is 2.45. The fourth-order valence-corrected chi connectivity index (χ4v) is 4.03. The number of ether oxygens (including phenoxy) is 1. The Labute approximate surface area is 183 Å². The molecule has 7 nitrogen and oxygen atoms in total. The van der Waals surface area contributed by atoms with Crippen molar-refractivity contribution in [1.29, 1.82) is 0 Å². The zero-order valence-electron chi connectivity index (χ0n) is 17.8. The smallest absolute Gasteiger partial charge is 0.238 e. The first-order valence-corrected chi connectivity index (χ1v) is 11.0. The van der Waals surface area contributed by atoms with E-state index in [0.29, 0.717) is 19.6 Å². The summed E-state index contributed by atoms with van der Waals surface area (Å²) in [6, 6.07) is 17.4. The van der Waals surface area contributed by atoms with Gasteiger partial charge in [0.05, 0.1) is 6.54 Å². The van der Waals surface area contributed by atoms with Crippen LogP contribution in [-0.2, 0) is 9.59 Å². The Balaban J connectivity index is 1.15. The molecule has 2 amide bonds. The van der Waals surface area contributed by atoms with Crippen molar-refractivity contribution in [2.45, 2.75) is 12.8 Å². The second-order valence-corrected chi connectivity index (χ2v) is 8.02. The Kier molecular flexibility index (Phi) is 7.17. The molecular formula is C24H30N4O3. The molecule has 0 spiro atoms. The number of para-hydroxylation sites is 1. The van der Waals surface area contributed by atoms with E-state index in [9.17, 15) is 9.59 Å². The zero-order chi connectivity index (χ0) is 21.5. The summed E-state index contributed by atoms with van der Waals surface area (Å²) in [5.74, 6) is 1.06. The molecule has 2 aliphatic heterocycles. The fourth-order valence-electron chi connectivity index (χ4n) is 4.03. The topological polar surface area (TPSA) is 65.1 Å². The molecule has 31 heavy (non-hydrogen) atoms. The zero-order valence-corrected chi connectivity index (χ0v) is 17.8. The molecule has 1 N–H and O–H groups in total. The van der Waals surface area contributed by atoms with Gasteiger partial charge >= 0.3 is 0 Å². The monoisotopic (exact) mass is 422 g/mol. The number of hydrogen-bond acceptors (Lipinski definition) is 5. The Bertz CT molecular complexity index is 864. The van der Waals surface area contributed by atoms with Crippen molar-refractivity contribution in [1.82, 2.24) is 9.80 Å². The number of rotatable bonds is 8. The number of amides is 2. The number of anilines is 2. The molecule has 2 fully saturated rings. The Morgan fingerprint density at radius 3 is 2.29 bits per heavy atom. The minimum atomic E-state index is -0.00846. The van der Waals surface area contributed by atoms with E-state index < -0.39 is 0 Å². The average Bonchev–Trinajstić information content (AvgIpc) is 3.22. The van der Waals surface area contributed by atoms with Crippen LogP contribution in [0.2, 0.25) is 0 Å². The average molecular weight is 423 g/mol. The van der Waals surface area contributed by atoms with Crippen molar-refractivity contribution < 1.29 is 14.3 Å². The van der Waals surface area contributed by atoms with Crippen molar-refractivity contribution >= 4 is 23.2 Å². The number of hydrogen-bond donors (Lipinski definition) is 1. The van der Waals surface area contributed by atoms with E-state index in [2.05, 4.69) is 15.1 Å². The SMILES string of the molecule is O=C(CN1CCN(CCOc2ccccc2)CC1)Nc1ccc(N2CCCC2=O)cc1. The van der Waals surface area contributed by atoms with Crippen LogP contribution in [0.25, 0.3) is 0 Å². The third-order valence-electron chi connectivity index (χ3n) is 5.79. The number of benzene rings is 2. The van der Waals surface area contributed by atoms with Gasteiger partial charge in [-0.3, -0.25) is 19.4 Å². The third-order valence-corrected chi connectivity index (χ3v) is 5.79. The summed E-state index contributed by atoms with van der Waals surface area (Å²) in [6.07, 6.45) is 1.52. The lowest BCUT2D eigenvalue weighted by molar-refractivity contribution is -0.118. The molecular weight excluding hydrogens is 392 g/mol. The van der Waals surface area contributed by atoms with E-state index in [1.54, 1.807) is 4.90 Å². The Hall–Kier alpha value is -2.90. The van der Waals surface area contributed by atoms with Gasteiger partial charge < -0.3 is 15.0 Å². The van der Waals surface area contributed by atoms with Crippen LogP contribution >= 0.6 is 0 Å². The molecule has 0 aromatic heterocycles. The summed E-state index contributed by atoms with van der Waals surface area (Å²) < 4.78 is 5.77. The molecule has 2 aromatic carbocycles. The summed E-state index contributed by atoms with van der Waals surface area (Å²) in [7, 11) is 0. The van der Waals surface area contributed by atoms with Gasteiger partial charge in [-0.1, -0.05) is 18.2 Å². The van der Waals surface area contributed by atoms with Crippen molar-refractivity contribution in [3.05, 3.63) is 54.6 Å². The van der Waals surface area contributed by atoms with Crippen LogP contribution in [0, 0.1) is 0 Å². The van der Waals surface area contributed by atoms with Gasteiger partial charge in [0.15, 0.2) is 0 Å². The van der Waals surface area contributed by atoms with Crippen LogP contribution in [0.3, 0.4) is 0 Å². The maximum Gasteiger partial charge on any atom is 0.238 e. The maximum atomic E-state index is 12.4. The molecule has 2 aromatic rings. The van der Waals surface area contributed by atoms with E-state index in [0.717, 1.165) is 62.8 Å². The molecule has 7 heteroatoms. The largest absolute Gasteiger partial charge is 0.492 e. The molecule has 164 valence electrons. The molecule has 0 aliphatic carbocycles. The Morgan fingerprint density at radius 1 is 0.903 bits per heavy atom. The summed E-state index contributed by atoms with van der Waals surface area (Å²) in [6.45, 7) is 6.33. The molecule has 4 rings (SSSR count). The minimum Gasteiger partial charge on any atom is -0.492 e. The van der Waals surface area contributed by atoms with Crippen LogP contribution in [0.5, 0.6) is 5.75 Å². The van der Waals surface area contributed by atoms with Gasteiger partial charge in [-0.25, -0.2) is 0 Å². The molecule has 0 atom stereocenters. The highest BCUT2D eigenvalue weighted by atomic mass is 16.5. The molecule has 2 aliphatic rings. The van der Waals surface area contributed by atoms with Crippen molar-refractivity contribution in [3.8, 4) is 5.75 Å². The van der Waals surface area contributed by atoms with Gasteiger partial charge in [0.2, 0.25) is 11.8 Å². The highest BCUT2D eigenvalue weighted by Gasteiger charge is 2.22. The molecule has 2 heterocycles. The molecule has 0 saturated carbocycles. The standard InChI is InChI=1S/C24H30N4O3/c29-23(25-20-8-10-21(11-9-20)28-12-4-7-24(28)30)19-27-15-13-26(14-16-27)17-18-31-22-5-2-1-3-6-22/h1-3,5-6,8-11H,4,7,12-19H2,(H,25,29). The van der Waals surface area contributed by atoms with E-state index in [4.69, 9.17) is 4.74 Å². The first-order valence-electron chi connectivity index (χ1n) is 11.0. The highest BCUT2D eigenvalue weighted by Crippen LogP contribution is 2.23. The summed E-state index contributed by atoms with van der Waals surface area (Å²) in [4.78, 5) is 30.6. The van der Waals surface area contributed by atoms with Gasteiger partial charge in [0, 0.05) is 57.1 Å². The lowest BCUT2D eigenvalue weighted by Crippen LogP contribution is -2.49. The summed E-state index contributed by atoms with van der Waals surface area (Å²) >= 11 is 0. The number of carbonyl (C=O) groups is 2. The van der Waals surface area contributed by atoms with Gasteiger partial charge in [0.25, 0.3) is 0 Å². The lowest BCUT2D eigenvalue weighted by Gasteiger charge is -2.34. The second-order valence-electron chi connectivity index (χ2n) is 8.02. The molecule has 0 unspecified atom stereocenters. The number of nitrogens with zero attached hydrogens (tertiary/aromatic N) is 3. The normalized spacial score (nSPS) is 17.7. The maximum absolute atomic E-state index is 12.4. The molecule has 0 bridgehead atoms. The number of nitrogens with one attached hydrogen (secondary N) is 1. The fraction of sp³-hybridized carbons (Fsp3) is 0.417. The van der Waals surface area contributed by atoms with Gasteiger partial charge in [-0.05, 0) is 42.8 Å². The quantitative estimate of drug-likeness (QED) is 0.708. The lowest BCUT2D eigenvalue weighted by atomic mass is 10.2. The number of piperazine rings is 1. The van der Waals surface area contributed by atoms with Crippen molar-refractivity contribution in [2.75, 3.05) is 62.6 Å². The third kappa shape index (κ3) is 6.06. The van der Waals surface area contributed by atoms with Crippen LogP contribution in [0.1, 0.15) is 12.8 Å². The Morgan fingerprint density at radius 2 is 1.61 bits per heavy atom. The van der Waals surface area contributed by atoms with Crippen LogP contribution in [0.4, 0.5) is 11.4 Å². The first-order chi connectivity index (χ1) is 15.2. The van der Waals surface area contributed by atoms with Crippen molar-refractivity contribution in [3.63, 3.8) is 0 Å². The predicted molar refractivity (Wildman–Crippen MR) is 121 cm³/mol. The van der Waals surface area contributed by atoms with E-state index in [1.165, 1.54) is 0 Å². The van der Waals surface area contributed by atoms with Gasteiger partial charge in [-0.2, -0.15) is 0 Å². The molecule has 0 radical (unpaired) electrons. The first kappa shape index (κ1) is 21.3.